The van der Waals surface area contributed by atoms with Crippen LogP contribution < -0.4 is 10.6 Å². The Bertz CT molecular complexity index is 219. The van der Waals surface area contributed by atoms with Gasteiger partial charge in [-0.1, -0.05) is 12.2 Å². The predicted octanol–water partition coefficient (Wildman–Crippen LogP) is -0.242. The summed E-state index contributed by atoms with van der Waals surface area (Å²) < 4.78 is 0. The summed E-state index contributed by atoms with van der Waals surface area (Å²) in [5, 5.41) is 14.4. The zero-order valence-electron chi connectivity index (χ0n) is 10.3. The van der Waals surface area contributed by atoms with Crippen LogP contribution in [0, 0.1) is 0 Å². The molecule has 0 bridgehead atoms. The lowest BCUT2D eigenvalue weighted by Crippen LogP contribution is -2.38. The molecule has 0 amide bonds. The second kappa shape index (κ2) is 9.33. The van der Waals surface area contributed by atoms with Crippen LogP contribution in [0.4, 0.5) is 0 Å². The Morgan fingerprint density at radius 1 is 1.38 bits per heavy atom. The number of aliphatic carboxylic acids is 1. The van der Waals surface area contributed by atoms with Gasteiger partial charge in [0.25, 0.3) is 0 Å². The van der Waals surface area contributed by atoms with Gasteiger partial charge in [0, 0.05) is 32.7 Å². The summed E-state index contributed by atoms with van der Waals surface area (Å²) in [5.41, 5.74) is 1.12. The summed E-state index contributed by atoms with van der Waals surface area (Å²) >= 11 is 0. The van der Waals surface area contributed by atoms with Gasteiger partial charge in [0.15, 0.2) is 0 Å². The summed E-state index contributed by atoms with van der Waals surface area (Å²) in [5.74, 6) is -0.818. The Hall–Kier alpha value is -0.910. The van der Waals surface area contributed by atoms with Crippen LogP contribution in [0.25, 0.3) is 0 Å². The molecule has 0 fully saturated rings. The average molecular weight is 229 g/mol. The number of carbonyl (C=O) groups is 1. The van der Waals surface area contributed by atoms with Crippen LogP contribution in [0.3, 0.4) is 0 Å². The number of carboxylic acid groups (broad SMARTS) is 1. The van der Waals surface area contributed by atoms with E-state index in [0.29, 0.717) is 6.54 Å². The molecule has 5 heteroatoms. The molecule has 16 heavy (non-hydrogen) atoms. The number of nitrogens with one attached hydrogen (secondary N) is 2. The Morgan fingerprint density at radius 2 is 2.00 bits per heavy atom. The van der Waals surface area contributed by atoms with E-state index in [2.05, 4.69) is 22.1 Å². The molecule has 0 unspecified atom stereocenters. The van der Waals surface area contributed by atoms with Crippen LogP contribution in [0.1, 0.15) is 6.92 Å². The lowest BCUT2D eigenvalue weighted by atomic mass is 10.3. The van der Waals surface area contributed by atoms with Crippen LogP contribution >= 0.6 is 0 Å². The van der Waals surface area contributed by atoms with Gasteiger partial charge in [0.1, 0.15) is 0 Å². The minimum atomic E-state index is -0.818. The first-order valence-electron chi connectivity index (χ1n) is 5.50. The second-order valence-electron chi connectivity index (χ2n) is 3.91. The zero-order chi connectivity index (χ0) is 12.4. The smallest absolute Gasteiger partial charge is 0.317 e. The standard InChI is InChI=1S/C11H23N3O2/c1-10(2)9-14(6-4-12-3)7-5-13-8-11(15)16/h12-13H,1,4-9H2,2-3H3,(H,15,16). The molecule has 0 spiro atoms. The minimum absolute atomic E-state index is 0.0208. The average Bonchev–Trinajstić information content (AvgIpc) is 2.19. The van der Waals surface area contributed by atoms with Crippen molar-refractivity contribution in [3.05, 3.63) is 12.2 Å². The third-order valence-electron chi connectivity index (χ3n) is 2.05. The van der Waals surface area contributed by atoms with Crippen molar-refractivity contribution in [3.63, 3.8) is 0 Å². The van der Waals surface area contributed by atoms with Crippen LogP contribution in [-0.2, 0) is 4.79 Å². The van der Waals surface area contributed by atoms with Gasteiger partial charge in [-0.3, -0.25) is 9.69 Å². The molecule has 0 saturated carbocycles. The van der Waals surface area contributed by atoms with E-state index in [1.165, 1.54) is 0 Å². The van der Waals surface area contributed by atoms with Gasteiger partial charge in [0.05, 0.1) is 6.54 Å². The molecular formula is C11H23N3O2. The van der Waals surface area contributed by atoms with Gasteiger partial charge in [-0.05, 0) is 14.0 Å². The lowest BCUT2D eigenvalue weighted by molar-refractivity contribution is -0.135. The fourth-order valence-corrected chi connectivity index (χ4v) is 1.35. The van der Waals surface area contributed by atoms with E-state index < -0.39 is 5.97 Å². The first-order valence-corrected chi connectivity index (χ1v) is 5.50. The number of hydrogen-bond acceptors (Lipinski definition) is 4. The molecular weight excluding hydrogens is 206 g/mol. The van der Waals surface area contributed by atoms with E-state index in [0.717, 1.165) is 31.8 Å². The summed E-state index contributed by atoms with van der Waals surface area (Å²) in [4.78, 5) is 12.5. The number of likely N-dealkylation sites (N-methyl/N-ethyl adjacent to an activating group) is 1. The molecule has 0 aromatic carbocycles. The van der Waals surface area contributed by atoms with E-state index in [1.54, 1.807) is 0 Å². The second-order valence-corrected chi connectivity index (χ2v) is 3.91. The van der Waals surface area contributed by atoms with Crippen molar-refractivity contribution in [1.29, 1.82) is 0 Å². The van der Waals surface area contributed by atoms with Crippen molar-refractivity contribution in [2.45, 2.75) is 6.92 Å². The number of rotatable bonds is 10. The van der Waals surface area contributed by atoms with E-state index in [9.17, 15) is 4.79 Å². The fraction of sp³-hybridized carbons (Fsp3) is 0.727. The molecule has 0 heterocycles. The third-order valence-corrected chi connectivity index (χ3v) is 2.05. The fourth-order valence-electron chi connectivity index (χ4n) is 1.35. The van der Waals surface area contributed by atoms with Gasteiger partial charge in [-0.15, -0.1) is 0 Å². The first-order chi connectivity index (χ1) is 7.56. The molecule has 0 rings (SSSR count). The Kier molecular flexibility index (Phi) is 8.80. The predicted molar refractivity (Wildman–Crippen MR) is 65.7 cm³/mol. The first kappa shape index (κ1) is 15.1. The van der Waals surface area contributed by atoms with Crippen molar-refractivity contribution in [1.82, 2.24) is 15.5 Å². The summed E-state index contributed by atoms with van der Waals surface area (Å²) in [6, 6.07) is 0. The van der Waals surface area contributed by atoms with Gasteiger partial charge in [-0.25, -0.2) is 0 Å². The van der Waals surface area contributed by atoms with Gasteiger partial charge in [-0.2, -0.15) is 0 Å². The van der Waals surface area contributed by atoms with Crippen LogP contribution in [0.15, 0.2) is 12.2 Å². The maximum atomic E-state index is 10.3. The molecule has 5 nitrogen and oxygen atoms in total. The summed E-state index contributed by atoms with van der Waals surface area (Å²) in [6.45, 7) is 10.1. The number of nitrogens with zero attached hydrogens (tertiary/aromatic N) is 1. The Balaban J connectivity index is 3.72. The van der Waals surface area contributed by atoms with E-state index >= 15 is 0 Å². The van der Waals surface area contributed by atoms with Crippen molar-refractivity contribution in [2.24, 2.45) is 0 Å². The minimum Gasteiger partial charge on any atom is -0.480 e. The highest BCUT2D eigenvalue weighted by Gasteiger charge is 2.04. The molecule has 0 aliphatic carbocycles. The van der Waals surface area contributed by atoms with Crippen molar-refractivity contribution < 1.29 is 9.90 Å². The molecule has 94 valence electrons. The molecule has 0 aliphatic rings. The Labute approximate surface area is 97.5 Å². The lowest BCUT2D eigenvalue weighted by Gasteiger charge is -2.22. The van der Waals surface area contributed by atoms with Crippen molar-refractivity contribution in [2.75, 3.05) is 46.3 Å². The van der Waals surface area contributed by atoms with Crippen LogP contribution in [0.5, 0.6) is 0 Å². The van der Waals surface area contributed by atoms with Crippen molar-refractivity contribution in [3.8, 4) is 0 Å². The molecule has 0 atom stereocenters. The largest absolute Gasteiger partial charge is 0.480 e. The van der Waals surface area contributed by atoms with Crippen LogP contribution in [-0.4, -0.2) is 62.3 Å². The van der Waals surface area contributed by atoms with E-state index in [4.69, 9.17) is 5.11 Å². The monoisotopic (exact) mass is 229 g/mol. The quantitative estimate of drug-likeness (QED) is 0.356. The topological polar surface area (TPSA) is 64.6 Å². The van der Waals surface area contributed by atoms with Gasteiger partial charge < -0.3 is 15.7 Å². The van der Waals surface area contributed by atoms with Crippen molar-refractivity contribution >= 4 is 5.97 Å². The Morgan fingerprint density at radius 3 is 2.50 bits per heavy atom. The number of hydrogen-bond donors (Lipinski definition) is 3. The molecule has 0 saturated heterocycles. The highest BCUT2D eigenvalue weighted by molar-refractivity contribution is 5.68. The third kappa shape index (κ3) is 9.64. The highest BCUT2D eigenvalue weighted by Crippen LogP contribution is 1.94. The van der Waals surface area contributed by atoms with E-state index in [1.807, 2.05) is 14.0 Å². The number of carboxylic acids is 1. The molecule has 0 aliphatic heterocycles. The highest BCUT2D eigenvalue weighted by atomic mass is 16.4. The summed E-state index contributed by atoms with van der Waals surface area (Å²) in [6.07, 6.45) is 0. The summed E-state index contributed by atoms with van der Waals surface area (Å²) in [7, 11) is 1.92. The van der Waals surface area contributed by atoms with Crippen LogP contribution in [0.2, 0.25) is 0 Å². The normalized spacial score (nSPS) is 10.7. The molecule has 3 N–H and O–H groups in total. The molecule has 0 radical (unpaired) electrons. The van der Waals surface area contributed by atoms with Gasteiger partial charge >= 0.3 is 5.97 Å². The molecule has 0 aromatic rings. The molecule has 0 aromatic heterocycles. The van der Waals surface area contributed by atoms with Gasteiger partial charge in [0.2, 0.25) is 0 Å². The zero-order valence-corrected chi connectivity index (χ0v) is 10.3. The SMILES string of the molecule is C=C(C)CN(CCNC)CCNCC(=O)O. The van der Waals surface area contributed by atoms with E-state index in [-0.39, 0.29) is 6.54 Å². The maximum absolute atomic E-state index is 10.3. The maximum Gasteiger partial charge on any atom is 0.317 e.